The Hall–Kier alpha value is -4.13. The maximum Gasteiger partial charge on any atom is 0.170 e. The molecule has 0 atom stereocenters. The Morgan fingerprint density at radius 1 is 1.05 bits per heavy atom. The number of anilines is 2. The number of nitrogen functional groups attached to an aromatic ring is 1. The lowest BCUT2D eigenvalue weighted by Crippen LogP contribution is -2.20. The minimum Gasteiger partial charge on any atom is -0.494 e. The monoisotopic (exact) mass is 500 g/mol. The van der Waals surface area contributed by atoms with Crippen LogP contribution in [0.15, 0.2) is 60.7 Å². The van der Waals surface area contributed by atoms with Gasteiger partial charge < -0.3 is 20.1 Å². The number of para-hydroxylation sites is 1. The number of rotatable bonds is 9. The fourth-order valence-electron chi connectivity index (χ4n) is 4.31. The molecule has 4 rings (SSSR count). The van der Waals surface area contributed by atoms with E-state index in [1.54, 1.807) is 24.3 Å². The smallest absolute Gasteiger partial charge is 0.170 e. The van der Waals surface area contributed by atoms with E-state index in [0.29, 0.717) is 29.3 Å². The van der Waals surface area contributed by atoms with E-state index in [2.05, 4.69) is 13.0 Å². The van der Waals surface area contributed by atoms with Crippen molar-refractivity contribution in [3.05, 3.63) is 88.7 Å². The molecule has 0 unspecified atom stereocenters. The molecule has 1 heterocycles. The van der Waals surface area contributed by atoms with Crippen LogP contribution in [0.2, 0.25) is 0 Å². The van der Waals surface area contributed by atoms with E-state index >= 15 is 4.39 Å². The standard InChI is InChI=1S/C30H33FN4O2/c1-6-36-24-15-22(28(31)26(16-24)37-18(2)3)17-35(23-12-10-21(11-13-23)30(32)33)27-14-20(5)25-9-7-8-19(4)29(25)34-27/h7-16,18H,6,17H2,1-5H3,(H3,32,33). The highest BCUT2D eigenvalue weighted by Crippen LogP contribution is 2.34. The highest BCUT2D eigenvalue weighted by atomic mass is 19.1. The number of nitrogens with zero attached hydrogens (tertiary/aromatic N) is 2. The van der Waals surface area contributed by atoms with Gasteiger partial charge in [-0.3, -0.25) is 5.41 Å². The number of fused-ring (bicyclic) bond motifs is 1. The Balaban J connectivity index is 1.88. The molecular formula is C30H33FN4O2. The van der Waals surface area contributed by atoms with Gasteiger partial charge in [0.2, 0.25) is 0 Å². The number of nitrogens with two attached hydrogens (primary N) is 1. The first-order valence-electron chi connectivity index (χ1n) is 12.4. The summed E-state index contributed by atoms with van der Waals surface area (Å²) in [6.07, 6.45) is -0.192. The molecule has 192 valence electrons. The van der Waals surface area contributed by atoms with E-state index in [0.717, 1.165) is 27.7 Å². The number of aryl methyl sites for hydroxylation is 2. The predicted octanol–water partition coefficient (Wildman–Crippen LogP) is 6.80. The van der Waals surface area contributed by atoms with E-state index in [1.165, 1.54) is 0 Å². The van der Waals surface area contributed by atoms with Crippen LogP contribution >= 0.6 is 0 Å². The van der Waals surface area contributed by atoms with Crippen LogP contribution in [0.3, 0.4) is 0 Å². The minimum absolute atomic E-state index is 0.0145. The third-order valence-electron chi connectivity index (χ3n) is 6.09. The summed E-state index contributed by atoms with van der Waals surface area (Å²) >= 11 is 0. The van der Waals surface area contributed by atoms with Gasteiger partial charge in [0.25, 0.3) is 0 Å². The first-order chi connectivity index (χ1) is 17.7. The van der Waals surface area contributed by atoms with Gasteiger partial charge in [-0.2, -0.15) is 0 Å². The maximum absolute atomic E-state index is 15.7. The molecule has 0 amide bonds. The van der Waals surface area contributed by atoms with Crippen molar-refractivity contribution in [3.8, 4) is 11.5 Å². The molecule has 0 saturated carbocycles. The summed E-state index contributed by atoms with van der Waals surface area (Å²) in [5.41, 5.74) is 10.5. The summed E-state index contributed by atoms with van der Waals surface area (Å²) in [6.45, 7) is 10.3. The van der Waals surface area contributed by atoms with Gasteiger partial charge in [0.1, 0.15) is 17.4 Å². The lowest BCUT2D eigenvalue weighted by Gasteiger charge is -2.26. The molecule has 0 aliphatic rings. The molecule has 0 spiro atoms. The normalized spacial score (nSPS) is 11.1. The second-order valence-corrected chi connectivity index (χ2v) is 9.31. The first-order valence-corrected chi connectivity index (χ1v) is 12.4. The van der Waals surface area contributed by atoms with Crippen molar-refractivity contribution in [2.45, 2.75) is 47.3 Å². The van der Waals surface area contributed by atoms with Crippen molar-refractivity contribution in [2.24, 2.45) is 5.73 Å². The van der Waals surface area contributed by atoms with Crippen LogP contribution in [-0.4, -0.2) is 23.5 Å². The molecule has 7 heteroatoms. The molecule has 0 radical (unpaired) electrons. The number of hydrogen-bond acceptors (Lipinski definition) is 5. The fraction of sp³-hybridized carbons (Fsp3) is 0.267. The Kier molecular flexibility index (Phi) is 7.62. The summed E-state index contributed by atoms with van der Waals surface area (Å²) in [5.74, 6) is 0.930. The number of aromatic nitrogens is 1. The molecule has 37 heavy (non-hydrogen) atoms. The zero-order valence-electron chi connectivity index (χ0n) is 21.9. The minimum atomic E-state index is -0.434. The summed E-state index contributed by atoms with van der Waals surface area (Å²) < 4.78 is 27.2. The van der Waals surface area contributed by atoms with Crippen LogP contribution < -0.4 is 20.1 Å². The average molecular weight is 501 g/mol. The Bertz CT molecular complexity index is 1430. The lowest BCUT2D eigenvalue weighted by atomic mass is 10.1. The lowest BCUT2D eigenvalue weighted by molar-refractivity contribution is 0.228. The highest BCUT2D eigenvalue weighted by Gasteiger charge is 2.20. The fourth-order valence-corrected chi connectivity index (χ4v) is 4.31. The van der Waals surface area contributed by atoms with Gasteiger partial charge in [-0.25, -0.2) is 9.37 Å². The molecule has 0 aliphatic carbocycles. The van der Waals surface area contributed by atoms with Crippen molar-refractivity contribution >= 4 is 28.2 Å². The molecule has 3 N–H and O–H groups in total. The van der Waals surface area contributed by atoms with Crippen LogP contribution in [0.1, 0.15) is 43.0 Å². The Morgan fingerprint density at radius 3 is 2.43 bits per heavy atom. The van der Waals surface area contributed by atoms with Gasteiger partial charge in [-0.15, -0.1) is 0 Å². The van der Waals surface area contributed by atoms with Gasteiger partial charge in [0.15, 0.2) is 11.6 Å². The van der Waals surface area contributed by atoms with Gasteiger partial charge in [-0.05, 0) is 82.1 Å². The molecule has 1 aromatic heterocycles. The quantitative estimate of drug-likeness (QED) is 0.195. The van der Waals surface area contributed by atoms with E-state index in [1.807, 2.05) is 62.9 Å². The predicted molar refractivity (Wildman–Crippen MR) is 148 cm³/mol. The zero-order valence-corrected chi connectivity index (χ0v) is 21.9. The molecule has 6 nitrogen and oxygen atoms in total. The van der Waals surface area contributed by atoms with Crippen molar-refractivity contribution in [1.82, 2.24) is 4.98 Å². The third-order valence-corrected chi connectivity index (χ3v) is 6.09. The summed E-state index contributed by atoms with van der Waals surface area (Å²) in [7, 11) is 0. The van der Waals surface area contributed by atoms with E-state index in [9.17, 15) is 0 Å². The number of hydrogen-bond donors (Lipinski definition) is 2. The van der Waals surface area contributed by atoms with Crippen LogP contribution in [0.4, 0.5) is 15.9 Å². The second kappa shape index (κ2) is 10.9. The molecule has 0 saturated heterocycles. The van der Waals surface area contributed by atoms with Crippen molar-refractivity contribution in [3.63, 3.8) is 0 Å². The van der Waals surface area contributed by atoms with Crippen LogP contribution in [0, 0.1) is 25.1 Å². The van der Waals surface area contributed by atoms with E-state index in [-0.39, 0.29) is 24.2 Å². The average Bonchev–Trinajstić information content (AvgIpc) is 2.85. The van der Waals surface area contributed by atoms with E-state index in [4.69, 9.17) is 25.6 Å². The first kappa shape index (κ1) is 25.9. The largest absolute Gasteiger partial charge is 0.494 e. The molecule has 3 aromatic carbocycles. The highest BCUT2D eigenvalue weighted by molar-refractivity contribution is 5.95. The van der Waals surface area contributed by atoms with Crippen LogP contribution in [-0.2, 0) is 6.54 Å². The number of ether oxygens (including phenoxy) is 2. The second-order valence-electron chi connectivity index (χ2n) is 9.31. The maximum atomic E-state index is 15.7. The van der Waals surface area contributed by atoms with Crippen LogP contribution in [0.25, 0.3) is 10.9 Å². The van der Waals surface area contributed by atoms with Gasteiger partial charge >= 0.3 is 0 Å². The number of nitrogens with one attached hydrogen (secondary N) is 1. The molecule has 0 fully saturated rings. The zero-order chi connectivity index (χ0) is 26.7. The summed E-state index contributed by atoms with van der Waals surface area (Å²) in [6, 6.07) is 18.7. The van der Waals surface area contributed by atoms with Crippen molar-refractivity contribution in [1.29, 1.82) is 5.41 Å². The van der Waals surface area contributed by atoms with Gasteiger partial charge in [-0.1, -0.05) is 18.2 Å². The SMILES string of the molecule is CCOc1cc(CN(c2ccc(C(=N)N)cc2)c2cc(C)c3cccc(C)c3n2)c(F)c(OC(C)C)c1. The number of pyridine rings is 1. The molecule has 0 bridgehead atoms. The topological polar surface area (TPSA) is 84.5 Å². The number of amidine groups is 1. The molecule has 4 aromatic rings. The Morgan fingerprint density at radius 2 is 1.78 bits per heavy atom. The van der Waals surface area contributed by atoms with Crippen molar-refractivity contribution in [2.75, 3.05) is 11.5 Å². The summed E-state index contributed by atoms with van der Waals surface area (Å²) in [5, 5.41) is 8.82. The number of halogens is 1. The van der Waals surface area contributed by atoms with E-state index < -0.39 is 5.82 Å². The molecular weight excluding hydrogens is 467 g/mol. The third kappa shape index (κ3) is 5.66. The Labute approximate surface area is 217 Å². The van der Waals surface area contributed by atoms with Crippen LogP contribution in [0.5, 0.6) is 11.5 Å². The number of benzene rings is 3. The van der Waals surface area contributed by atoms with Gasteiger partial charge in [0.05, 0.1) is 24.8 Å². The van der Waals surface area contributed by atoms with Crippen molar-refractivity contribution < 1.29 is 13.9 Å². The molecule has 0 aliphatic heterocycles. The van der Waals surface area contributed by atoms with Gasteiger partial charge in [0, 0.05) is 28.3 Å². The summed E-state index contributed by atoms with van der Waals surface area (Å²) in [4.78, 5) is 6.95.